The molecule has 1 N–H and O–H groups in total. The highest BCUT2D eigenvalue weighted by atomic mass is 35.5. The van der Waals surface area contributed by atoms with Gasteiger partial charge in [-0.25, -0.2) is 8.42 Å². The van der Waals surface area contributed by atoms with E-state index < -0.39 is 10.0 Å². The zero-order valence-corrected chi connectivity index (χ0v) is 18.3. The SMILES string of the molecule is Cc1ccc(S(=O)(=O)N(CC(=O)NCCC(C)C)c2ccc(C)c(Cl)c2)cc1. The van der Waals surface area contributed by atoms with Crippen molar-refractivity contribution in [2.45, 2.75) is 39.0 Å². The number of benzene rings is 2. The van der Waals surface area contributed by atoms with E-state index in [1.54, 1.807) is 42.5 Å². The third-order valence-corrected chi connectivity index (χ3v) is 6.58. The quantitative estimate of drug-likeness (QED) is 0.689. The Bertz CT molecular complexity index is 925. The number of sulfonamides is 1. The molecule has 28 heavy (non-hydrogen) atoms. The number of nitrogens with one attached hydrogen (secondary N) is 1. The third kappa shape index (κ3) is 5.72. The second-order valence-corrected chi connectivity index (χ2v) is 9.56. The molecule has 2 aromatic rings. The number of carbonyl (C=O) groups is 1. The Labute approximate surface area is 172 Å². The van der Waals surface area contributed by atoms with Gasteiger partial charge < -0.3 is 5.32 Å². The van der Waals surface area contributed by atoms with Gasteiger partial charge in [0.2, 0.25) is 5.91 Å². The molecule has 2 rings (SSSR count). The van der Waals surface area contributed by atoms with Crippen LogP contribution in [0.3, 0.4) is 0 Å². The van der Waals surface area contributed by atoms with Crippen molar-refractivity contribution in [1.29, 1.82) is 0 Å². The van der Waals surface area contributed by atoms with Gasteiger partial charge in [-0.1, -0.05) is 49.2 Å². The Morgan fingerprint density at radius 3 is 2.32 bits per heavy atom. The van der Waals surface area contributed by atoms with Gasteiger partial charge in [-0.2, -0.15) is 0 Å². The van der Waals surface area contributed by atoms with Crippen LogP contribution in [0.2, 0.25) is 5.02 Å². The van der Waals surface area contributed by atoms with Crippen LogP contribution in [0, 0.1) is 19.8 Å². The summed E-state index contributed by atoms with van der Waals surface area (Å²) in [6.45, 7) is 8.04. The number of aryl methyl sites for hydroxylation is 2. The van der Waals surface area contributed by atoms with Crippen molar-refractivity contribution in [3.8, 4) is 0 Å². The largest absolute Gasteiger partial charge is 0.355 e. The first kappa shape index (κ1) is 22.2. The highest BCUT2D eigenvalue weighted by Gasteiger charge is 2.27. The zero-order valence-electron chi connectivity index (χ0n) is 16.7. The molecule has 5 nitrogen and oxygen atoms in total. The van der Waals surface area contributed by atoms with Crippen molar-refractivity contribution in [3.63, 3.8) is 0 Å². The summed E-state index contributed by atoms with van der Waals surface area (Å²) < 4.78 is 27.6. The molecule has 2 aromatic carbocycles. The molecule has 0 aliphatic heterocycles. The van der Waals surface area contributed by atoms with Gasteiger partial charge in [0.1, 0.15) is 6.54 Å². The van der Waals surface area contributed by atoms with Crippen LogP contribution in [0.4, 0.5) is 5.69 Å². The van der Waals surface area contributed by atoms with Crippen molar-refractivity contribution < 1.29 is 13.2 Å². The molecule has 0 radical (unpaired) electrons. The Kier molecular flexibility index (Phi) is 7.49. The van der Waals surface area contributed by atoms with Crippen molar-refractivity contribution in [2.75, 3.05) is 17.4 Å². The Hall–Kier alpha value is -2.05. The number of rotatable bonds is 8. The second-order valence-electron chi connectivity index (χ2n) is 7.29. The highest BCUT2D eigenvalue weighted by molar-refractivity contribution is 7.92. The lowest BCUT2D eigenvalue weighted by Crippen LogP contribution is -2.41. The van der Waals surface area contributed by atoms with E-state index in [0.29, 0.717) is 23.2 Å². The summed E-state index contributed by atoms with van der Waals surface area (Å²) in [7, 11) is -3.92. The summed E-state index contributed by atoms with van der Waals surface area (Å²) in [6.07, 6.45) is 0.826. The fraction of sp³-hybridized carbons (Fsp3) is 0.381. The molecular formula is C21H27ClN2O3S. The third-order valence-electron chi connectivity index (χ3n) is 4.38. The number of halogens is 1. The zero-order chi connectivity index (χ0) is 20.9. The van der Waals surface area contributed by atoms with Crippen LogP contribution in [0.5, 0.6) is 0 Å². The van der Waals surface area contributed by atoms with Crippen molar-refractivity contribution in [3.05, 3.63) is 58.6 Å². The molecular weight excluding hydrogens is 396 g/mol. The first-order valence-electron chi connectivity index (χ1n) is 9.23. The maximum absolute atomic E-state index is 13.3. The van der Waals surface area contributed by atoms with E-state index in [1.807, 2.05) is 13.8 Å². The molecule has 0 saturated carbocycles. The number of hydrogen-bond donors (Lipinski definition) is 1. The summed E-state index contributed by atoms with van der Waals surface area (Å²) in [6, 6.07) is 11.5. The molecule has 152 valence electrons. The molecule has 0 bridgehead atoms. The van der Waals surface area contributed by atoms with Crippen LogP contribution < -0.4 is 9.62 Å². The summed E-state index contributed by atoms with van der Waals surface area (Å²) in [5, 5.41) is 3.24. The van der Waals surface area contributed by atoms with Gasteiger partial charge >= 0.3 is 0 Å². The van der Waals surface area contributed by atoms with Crippen molar-refractivity contribution in [1.82, 2.24) is 5.32 Å². The Morgan fingerprint density at radius 1 is 1.11 bits per heavy atom. The predicted octanol–water partition coefficient (Wildman–Crippen LogP) is 4.31. The molecule has 0 fully saturated rings. The summed E-state index contributed by atoms with van der Waals surface area (Å²) in [5.74, 6) is 0.0941. The van der Waals surface area contributed by atoms with Gasteiger partial charge in [0.15, 0.2) is 0 Å². The lowest BCUT2D eigenvalue weighted by atomic mass is 10.1. The smallest absolute Gasteiger partial charge is 0.264 e. The van der Waals surface area contributed by atoms with Crippen LogP contribution in [0.1, 0.15) is 31.4 Å². The summed E-state index contributed by atoms with van der Waals surface area (Å²) in [4.78, 5) is 12.6. The van der Waals surface area contributed by atoms with Crippen LogP contribution in [0.15, 0.2) is 47.4 Å². The van der Waals surface area contributed by atoms with E-state index in [4.69, 9.17) is 11.6 Å². The minimum atomic E-state index is -3.92. The summed E-state index contributed by atoms with van der Waals surface area (Å²) in [5.41, 5.74) is 2.14. The van der Waals surface area contributed by atoms with Crippen molar-refractivity contribution in [2.24, 2.45) is 5.92 Å². The number of carbonyl (C=O) groups excluding carboxylic acids is 1. The number of amides is 1. The van der Waals surface area contributed by atoms with Crippen LogP contribution >= 0.6 is 11.6 Å². The van der Waals surface area contributed by atoms with Gasteiger partial charge in [0.05, 0.1) is 10.6 Å². The average Bonchev–Trinajstić information content (AvgIpc) is 2.62. The first-order chi connectivity index (χ1) is 13.1. The number of nitrogens with zero attached hydrogens (tertiary/aromatic N) is 1. The van der Waals surface area contributed by atoms with Crippen LogP contribution in [-0.4, -0.2) is 27.4 Å². The van der Waals surface area contributed by atoms with E-state index >= 15 is 0 Å². The Morgan fingerprint density at radius 2 is 1.75 bits per heavy atom. The predicted molar refractivity (Wildman–Crippen MR) is 114 cm³/mol. The lowest BCUT2D eigenvalue weighted by Gasteiger charge is -2.24. The second kappa shape index (κ2) is 9.43. The molecule has 0 unspecified atom stereocenters. The lowest BCUT2D eigenvalue weighted by molar-refractivity contribution is -0.119. The van der Waals surface area contributed by atoms with Crippen LogP contribution in [-0.2, 0) is 14.8 Å². The molecule has 0 aliphatic rings. The van der Waals surface area contributed by atoms with Gasteiger partial charge in [0.25, 0.3) is 10.0 Å². The van der Waals surface area contributed by atoms with E-state index in [9.17, 15) is 13.2 Å². The fourth-order valence-electron chi connectivity index (χ4n) is 2.58. The van der Waals surface area contributed by atoms with Gasteiger partial charge in [-0.15, -0.1) is 0 Å². The molecule has 0 heterocycles. The van der Waals surface area contributed by atoms with Crippen LogP contribution in [0.25, 0.3) is 0 Å². The van der Waals surface area contributed by atoms with Gasteiger partial charge in [-0.3, -0.25) is 9.10 Å². The van der Waals surface area contributed by atoms with E-state index in [-0.39, 0.29) is 17.3 Å². The Balaban J connectivity index is 2.36. The minimum absolute atomic E-state index is 0.129. The first-order valence-corrected chi connectivity index (χ1v) is 11.1. The normalized spacial score (nSPS) is 11.5. The number of anilines is 1. The number of hydrogen-bond acceptors (Lipinski definition) is 3. The van der Waals surface area contributed by atoms with E-state index in [2.05, 4.69) is 19.2 Å². The molecule has 0 saturated heterocycles. The average molecular weight is 423 g/mol. The van der Waals surface area contributed by atoms with Gasteiger partial charge in [0, 0.05) is 11.6 Å². The van der Waals surface area contributed by atoms with Crippen molar-refractivity contribution >= 4 is 33.2 Å². The van der Waals surface area contributed by atoms with E-state index in [1.165, 1.54) is 0 Å². The minimum Gasteiger partial charge on any atom is -0.355 e. The van der Waals surface area contributed by atoms with Gasteiger partial charge in [-0.05, 0) is 56.0 Å². The molecule has 0 aliphatic carbocycles. The molecule has 0 spiro atoms. The molecule has 0 atom stereocenters. The fourth-order valence-corrected chi connectivity index (χ4v) is 4.16. The monoisotopic (exact) mass is 422 g/mol. The maximum Gasteiger partial charge on any atom is 0.264 e. The standard InChI is InChI=1S/C21H27ClN2O3S/c1-15(2)11-12-23-21(25)14-24(18-8-7-17(4)20(22)13-18)28(26,27)19-9-5-16(3)6-10-19/h5-10,13,15H,11-12,14H2,1-4H3,(H,23,25). The molecule has 1 amide bonds. The maximum atomic E-state index is 13.3. The molecule has 0 aromatic heterocycles. The topological polar surface area (TPSA) is 66.5 Å². The van der Waals surface area contributed by atoms with E-state index in [0.717, 1.165) is 21.9 Å². The highest BCUT2D eigenvalue weighted by Crippen LogP contribution is 2.28. The summed E-state index contributed by atoms with van der Waals surface area (Å²) >= 11 is 6.21. The molecule has 7 heteroatoms.